The third-order valence-electron chi connectivity index (χ3n) is 4.17. The van der Waals surface area contributed by atoms with Gasteiger partial charge < -0.3 is 14.5 Å². The lowest BCUT2D eigenvalue weighted by molar-refractivity contribution is -0.130. The van der Waals surface area contributed by atoms with Gasteiger partial charge in [0.1, 0.15) is 11.5 Å². The van der Waals surface area contributed by atoms with Crippen molar-refractivity contribution in [3.05, 3.63) is 54.6 Å². The molecule has 138 valence electrons. The standard InChI is InChI=1S/C21H26N2O3/c1-4-22(5-2)21(25)15-16-23(17(3)24)18-11-13-20(14-12-18)26-19-9-7-6-8-10-19/h6-14H,4-5,15-16H2,1-3H3. The minimum atomic E-state index is -0.0888. The Bertz CT molecular complexity index is 710. The summed E-state index contributed by atoms with van der Waals surface area (Å²) in [5.41, 5.74) is 0.755. The average Bonchev–Trinajstić information content (AvgIpc) is 2.65. The number of rotatable bonds is 8. The second-order valence-electron chi connectivity index (χ2n) is 5.90. The molecule has 0 aliphatic rings. The molecule has 0 saturated heterocycles. The van der Waals surface area contributed by atoms with Crippen molar-refractivity contribution in [1.82, 2.24) is 4.90 Å². The van der Waals surface area contributed by atoms with Gasteiger partial charge in [0.15, 0.2) is 0 Å². The van der Waals surface area contributed by atoms with Crippen molar-refractivity contribution in [2.24, 2.45) is 0 Å². The fourth-order valence-electron chi connectivity index (χ4n) is 2.73. The molecule has 5 nitrogen and oxygen atoms in total. The van der Waals surface area contributed by atoms with E-state index in [1.807, 2.05) is 68.4 Å². The smallest absolute Gasteiger partial charge is 0.224 e. The Morgan fingerprint density at radius 1 is 0.885 bits per heavy atom. The number of para-hydroxylation sites is 1. The van der Waals surface area contributed by atoms with E-state index in [9.17, 15) is 9.59 Å². The van der Waals surface area contributed by atoms with Crippen LogP contribution in [0.2, 0.25) is 0 Å². The van der Waals surface area contributed by atoms with Crippen LogP contribution in [0.15, 0.2) is 54.6 Å². The number of nitrogens with zero attached hydrogens (tertiary/aromatic N) is 2. The molecule has 0 N–H and O–H groups in total. The topological polar surface area (TPSA) is 49.9 Å². The lowest BCUT2D eigenvalue weighted by atomic mass is 10.2. The van der Waals surface area contributed by atoms with E-state index in [1.54, 1.807) is 9.80 Å². The molecule has 0 aliphatic heterocycles. The van der Waals surface area contributed by atoms with Gasteiger partial charge in [-0.2, -0.15) is 0 Å². The second-order valence-corrected chi connectivity index (χ2v) is 5.90. The van der Waals surface area contributed by atoms with Crippen molar-refractivity contribution in [3.8, 4) is 11.5 Å². The van der Waals surface area contributed by atoms with Crippen molar-refractivity contribution < 1.29 is 14.3 Å². The Hall–Kier alpha value is -2.82. The van der Waals surface area contributed by atoms with Crippen LogP contribution in [0.3, 0.4) is 0 Å². The van der Waals surface area contributed by atoms with Gasteiger partial charge in [-0.3, -0.25) is 9.59 Å². The summed E-state index contributed by atoms with van der Waals surface area (Å²) in [6.07, 6.45) is 0.309. The minimum absolute atomic E-state index is 0.0604. The lowest BCUT2D eigenvalue weighted by Gasteiger charge is -2.24. The van der Waals surface area contributed by atoms with Crippen molar-refractivity contribution in [2.45, 2.75) is 27.2 Å². The van der Waals surface area contributed by atoms with E-state index in [2.05, 4.69) is 0 Å². The summed E-state index contributed by atoms with van der Waals surface area (Å²) in [5, 5.41) is 0. The second kappa shape index (κ2) is 9.61. The van der Waals surface area contributed by atoms with Crippen LogP contribution in [-0.2, 0) is 9.59 Å². The molecule has 0 unspecified atom stereocenters. The fraction of sp³-hybridized carbons (Fsp3) is 0.333. The maximum absolute atomic E-state index is 12.2. The van der Waals surface area contributed by atoms with Crippen molar-refractivity contribution >= 4 is 17.5 Å². The summed E-state index contributed by atoms with van der Waals surface area (Å²) in [4.78, 5) is 27.6. The zero-order chi connectivity index (χ0) is 18.9. The highest BCUT2D eigenvalue weighted by molar-refractivity contribution is 5.92. The molecule has 0 radical (unpaired) electrons. The summed E-state index contributed by atoms with van der Waals surface area (Å²) in [5.74, 6) is 1.43. The third kappa shape index (κ3) is 5.34. The van der Waals surface area contributed by atoms with E-state index in [0.29, 0.717) is 31.8 Å². The van der Waals surface area contributed by atoms with Crippen LogP contribution < -0.4 is 9.64 Å². The number of anilines is 1. The van der Waals surface area contributed by atoms with Gasteiger partial charge in [0.05, 0.1) is 0 Å². The molecule has 0 fully saturated rings. The summed E-state index contributed by atoms with van der Waals surface area (Å²) >= 11 is 0. The molecule has 0 aliphatic carbocycles. The highest BCUT2D eigenvalue weighted by Crippen LogP contribution is 2.24. The number of ether oxygens (including phenoxy) is 1. The molecule has 0 saturated carbocycles. The summed E-state index contributed by atoms with van der Waals surface area (Å²) < 4.78 is 5.77. The molecule has 2 aromatic rings. The first-order valence-corrected chi connectivity index (χ1v) is 8.94. The number of carbonyl (C=O) groups is 2. The molecule has 2 rings (SSSR count). The molecular formula is C21H26N2O3. The molecular weight excluding hydrogens is 328 g/mol. The summed E-state index contributed by atoms with van der Waals surface area (Å²) in [7, 11) is 0. The molecule has 0 spiro atoms. The highest BCUT2D eigenvalue weighted by atomic mass is 16.5. The summed E-state index contributed by atoms with van der Waals surface area (Å²) in [6.45, 7) is 7.15. The normalized spacial score (nSPS) is 10.3. The molecule has 0 heterocycles. The predicted molar refractivity (Wildman–Crippen MR) is 104 cm³/mol. The average molecular weight is 354 g/mol. The van der Waals surface area contributed by atoms with E-state index < -0.39 is 0 Å². The largest absolute Gasteiger partial charge is 0.457 e. The molecule has 5 heteroatoms. The molecule has 26 heavy (non-hydrogen) atoms. The Labute approximate surface area is 155 Å². The quantitative estimate of drug-likeness (QED) is 0.717. The number of amides is 2. The van der Waals surface area contributed by atoms with E-state index >= 15 is 0 Å². The maximum atomic E-state index is 12.2. The Morgan fingerprint density at radius 2 is 1.46 bits per heavy atom. The first-order chi connectivity index (χ1) is 12.5. The molecule has 0 aromatic heterocycles. The van der Waals surface area contributed by atoms with E-state index in [1.165, 1.54) is 6.92 Å². The molecule has 2 amide bonds. The highest BCUT2D eigenvalue weighted by Gasteiger charge is 2.16. The molecule has 0 bridgehead atoms. The zero-order valence-corrected chi connectivity index (χ0v) is 15.6. The SMILES string of the molecule is CCN(CC)C(=O)CCN(C(C)=O)c1ccc(Oc2ccccc2)cc1. The number of hydrogen-bond acceptors (Lipinski definition) is 3. The van der Waals surface area contributed by atoms with Gasteiger partial charge in [0, 0.05) is 38.7 Å². The van der Waals surface area contributed by atoms with Gasteiger partial charge in [-0.25, -0.2) is 0 Å². The Balaban J connectivity index is 2.03. The number of benzene rings is 2. The van der Waals surface area contributed by atoms with Gasteiger partial charge in [-0.05, 0) is 50.2 Å². The van der Waals surface area contributed by atoms with Crippen LogP contribution >= 0.6 is 0 Å². The number of carbonyl (C=O) groups excluding carboxylic acids is 2. The molecule has 0 atom stereocenters. The van der Waals surface area contributed by atoms with E-state index in [4.69, 9.17) is 4.74 Å². The minimum Gasteiger partial charge on any atom is -0.457 e. The summed E-state index contributed by atoms with van der Waals surface area (Å²) in [6, 6.07) is 16.8. The lowest BCUT2D eigenvalue weighted by Crippen LogP contribution is -2.36. The van der Waals surface area contributed by atoms with Gasteiger partial charge in [-0.1, -0.05) is 18.2 Å². The van der Waals surface area contributed by atoms with Crippen LogP contribution in [0.4, 0.5) is 5.69 Å². The van der Waals surface area contributed by atoms with Gasteiger partial charge in [0.2, 0.25) is 11.8 Å². The Kier molecular flexibility index (Phi) is 7.21. The van der Waals surface area contributed by atoms with Crippen molar-refractivity contribution in [2.75, 3.05) is 24.5 Å². The first kappa shape index (κ1) is 19.5. The van der Waals surface area contributed by atoms with Crippen LogP contribution in [-0.4, -0.2) is 36.3 Å². The predicted octanol–water partition coefficient (Wildman–Crippen LogP) is 4.09. The molecule has 2 aromatic carbocycles. The van der Waals surface area contributed by atoms with Gasteiger partial charge >= 0.3 is 0 Å². The monoisotopic (exact) mass is 354 g/mol. The van der Waals surface area contributed by atoms with E-state index in [0.717, 1.165) is 11.4 Å². The first-order valence-electron chi connectivity index (χ1n) is 8.94. The van der Waals surface area contributed by atoms with Crippen LogP contribution in [0.5, 0.6) is 11.5 Å². The van der Waals surface area contributed by atoms with Crippen molar-refractivity contribution in [1.29, 1.82) is 0 Å². The maximum Gasteiger partial charge on any atom is 0.224 e. The van der Waals surface area contributed by atoms with Gasteiger partial charge in [-0.15, -0.1) is 0 Å². The van der Waals surface area contributed by atoms with E-state index in [-0.39, 0.29) is 11.8 Å². The van der Waals surface area contributed by atoms with Gasteiger partial charge in [0.25, 0.3) is 0 Å². The van der Waals surface area contributed by atoms with Crippen LogP contribution in [0, 0.1) is 0 Å². The Morgan fingerprint density at radius 3 is 2.00 bits per heavy atom. The fourth-order valence-corrected chi connectivity index (χ4v) is 2.73. The number of hydrogen-bond donors (Lipinski definition) is 0. The van der Waals surface area contributed by atoms with Crippen LogP contribution in [0.25, 0.3) is 0 Å². The zero-order valence-electron chi connectivity index (χ0n) is 15.6. The van der Waals surface area contributed by atoms with Crippen molar-refractivity contribution in [3.63, 3.8) is 0 Å². The third-order valence-corrected chi connectivity index (χ3v) is 4.17. The van der Waals surface area contributed by atoms with Crippen LogP contribution in [0.1, 0.15) is 27.2 Å².